The summed E-state index contributed by atoms with van der Waals surface area (Å²) in [5.74, 6) is -0.137. The van der Waals surface area contributed by atoms with E-state index >= 15 is 0 Å². The minimum atomic E-state index is -0.0686. The molecule has 0 unspecified atom stereocenters. The Kier molecular flexibility index (Phi) is 4.04. The first-order valence-corrected chi connectivity index (χ1v) is 7.49. The largest absolute Gasteiger partial charge is 0.397 e. The van der Waals surface area contributed by atoms with Gasteiger partial charge in [-0.15, -0.1) is 0 Å². The van der Waals surface area contributed by atoms with E-state index in [4.69, 9.17) is 5.11 Å². The van der Waals surface area contributed by atoms with E-state index in [1.54, 1.807) is 19.1 Å². The number of aliphatic hydroxyl groups excluding tert-OH is 1. The molecular formula is C20H16O3. The zero-order chi connectivity index (χ0) is 16.4. The molecule has 0 bridgehead atoms. The van der Waals surface area contributed by atoms with E-state index in [0.717, 1.165) is 11.1 Å². The lowest BCUT2D eigenvalue weighted by Gasteiger charge is -2.22. The fourth-order valence-corrected chi connectivity index (χ4v) is 2.79. The summed E-state index contributed by atoms with van der Waals surface area (Å²) in [6.45, 7) is 1.93. The van der Waals surface area contributed by atoms with Gasteiger partial charge in [0.25, 0.3) is 0 Å². The number of allylic oxidation sites excluding steroid dienone is 2. The van der Waals surface area contributed by atoms with Crippen LogP contribution in [-0.4, -0.2) is 23.3 Å². The van der Waals surface area contributed by atoms with Crippen LogP contribution in [0.15, 0.2) is 59.7 Å². The number of carbonyl (C=O) groups excluding carboxylic acids is 2. The first-order chi connectivity index (χ1) is 11.2. The van der Waals surface area contributed by atoms with Gasteiger partial charge in [0.2, 0.25) is 0 Å². The van der Waals surface area contributed by atoms with Gasteiger partial charge in [0.05, 0.1) is 0 Å². The lowest BCUT2D eigenvalue weighted by Crippen LogP contribution is -2.21. The highest BCUT2D eigenvalue weighted by Gasteiger charge is 2.31. The van der Waals surface area contributed by atoms with Gasteiger partial charge in [-0.2, -0.15) is 0 Å². The molecule has 0 atom stereocenters. The second-order valence-electron chi connectivity index (χ2n) is 5.27. The number of Topliss-reactive ketones (excluding diaryl/α,β-unsaturated/α-hetero) is 2. The Balaban J connectivity index is 0.000000485. The van der Waals surface area contributed by atoms with Crippen molar-refractivity contribution in [3.05, 3.63) is 81.9 Å². The van der Waals surface area contributed by atoms with Crippen molar-refractivity contribution in [2.24, 2.45) is 0 Å². The van der Waals surface area contributed by atoms with E-state index < -0.39 is 0 Å². The standard InChI is InChI=1S/C18H10O2.C2H6O/c19-17-13-7-3-1-5-11(13)9-15-16(17)10-12-6-2-4-8-14(12)18(15)20;1-2-3/h1-10H;3H,2H2,1H3. The lowest BCUT2D eigenvalue weighted by molar-refractivity contribution is 0.0995. The zero-order valence-electron chi connectivity index (χ0n) is 12.7. The van der Waals surface area contributed by atoms with Crippen molar-refractivity contribution < 1.29 is 14.7 Å². The van der Waals surface area contributed by atoms with E-state index in [1.807, 2.05) is 48.6 Å². The number of ketones is 2. The van der Waals surface area contributed by atoms with Crippen LogP contribution < -0.4 is 0 Å². The smallest absolute Gasteiger partial charge is 0.194 e. The molecular weight excluding hydrogens is 288 g/mol. The molecule has 3 heteroatoms. The van der Waals surface area contributed by atoms with Crippen LogP contribution >= 0.6 is 0 Å². The Hall–Kier alpha value is -2.78. The molecule has 0 radical (unpaired) electrons. The lowest BCUT2D eigenvalue weighted by atomic mass is 9.78. The number of fused-ring (bicyclic) bond motifs is 3. The Labute approximate surface area is 134 Å². The predicted molar refractivity (Wildman–Crippen MR) is 90.3 cm³/mol. The van der Waals surface area contributed by atoms with E-state index in [9.17, 15) is 9.59 Å². The maximum Gasteiger partial charge on any atom is 0.194 e. The third-order valence-electron chi connectivity index (χ3n) is 3.79. The maximum absolute atomic E-state index is 12.5. The summed E-state index contributed by atoms with van der Waals surface area (Å²) < 4.78 is 0. The minimum absolute atomic E-state index is 0.0686. The van der Waals surface area contributed by atoms with Gasteiger partial charge in [-0.05, 0) is 30.2 Å². The summed E-state index contributed by atoms with van der Waals surface area (Å²) in [5, 5.41) is 7.57. The predicted octanol–water partition coefficient (Wildman–Crippen LogP) is 3.54. The molecule has 2 aliphatic carbocycles. The molecule has 0 heterocycles. The molecule has 4 rings (SSSR count). The van der Waals surface area contributed by atoms with Crippen LogP contribution in [0, 0.1) is 0 Å². The first-order valence-electron chi connectivity index (χ1n) is 7.49. The summed E-state index contributed by atoms with van der Waals surface area (Å²) >= 11 is 0. The van der Waals surface area contributed by atoms with Crippen molar-refractivity contribution in [1.29, 1.82) is 0 Å². The Morgan fingerprint density at radius 2 is 1.09 bits per heavy atom. The Morgan fingerprint density at radius 1 is 0.739 bits per heavy atom. The van der Waals surface area contributed by atoms with Crippen LogP contribution in [0.2, 0.25) is 0 Å². The molecule has 0 saturated carbocycles. The van der Waals surface area contributed by atoms with Gasteiger partial charge in [0, 0.05) is 28.9 Å². The highest BCUT2D eigenvalue weighted by molar-refractivity contribution is 6.31. The van der Waals surface area contributed by atoms with Crippen LogP contribution in [-0.2, 0) is 0 Å². The molecule has 3 nitrogen and oxygen atoms in total. The molecule has 0 spiro atoms. The number of hydrogen-bond donors (Lipinski definition) is 1. The highest BCUT2D eigenvalue weighted by Crippen LogP contribution is 2.35. The van der Waals surface area contributed by atoms with Crippen molar-refractivity contribution in [2.75, 3.05) is 6.61 Å². The highest BCUT2D eigenvalue weighted by atomic mass is 16.2. The van der Waals surface area contributed by atoms with Crippen LogP contribution in [0.4, 0.5) is 0 Å². The average Bonchev–Trinajstić information content (AvgIpc) is 2.57. The number of benzene rings is 2. The van der Waals surface area contributed by atoms with Crippen LogP contribution in [0.3, 0.4) is 0 Å². The monoisotopic (exact) mass is 304 g/mol. The van der Waals surface area contributed by atoms with Crippen LogP contribution in [0.5, 0.6) is 0 Å². The van der Waals surface area contributed by atoms with Crippen LogP contribution in [0.25, 0.3) is 12.2 Å². The molecule has 2 aromatic rings. The number of hydrogen-bond acceptors (Lipinski definition) is 3. The molecule has 114 valence electrons. The van der Waals surface area contributed by atoms with Gasteiger partial charge in [-0.1, -0.05) is 48.5 Å². The van der Waals surface area contributed by atoms with E-state index in [0.29, 0.717) is 22.3 Å². The first kappa shape index (κ1) is 15.1. The molecule has 2 aromatic carbocycles. The van der Waals surface area contributed by atoms with Crippen molar-refractivity contribution in [3.63, 3.8) is 0 Å². The summed E-state index contributed by atoms with van der Waals surface area (Å²) in [4.78, 5) is 25.1. The van der Waals surface area contributed by atoms with E-state index in [1.165, 1.54) is 0 Å². The fraction of sp³-hybridized carbons (Fsp3) is 0.100. The summed E-state index contributed by atoms with van der Waals surface area (Å²) in [5.41, 5.74) is 3.97. The zero-order valence-corrected chi connectivity index (χ0v) is 12.7. The minimum Gasteiger partial charge on any atom is -0.397 e. The molecule has 0 aromatic heterocycles. The van der Waals surface area contributed by atoms with Crippen molar-refractivity contribution in [3.8, 4) is 0 Å². The second kappa shape index (κ2) is 6.15. The van der Waals surface area contributed by atoms with Gasteiger partial charge in [-0.3, -0.25) is 9.59 Å². The summed E-state index contributed by atoms with van der Waals surface area (Å²) in [7, 11) is 0. The normalized spacial score (nSPS) is 14.5. The van der Waals surface area contributed by atoms with Crippen molar-refractivity contribution in [2.45, 2.75) is 6.92 Å². The van der Waals surface area contributed by atoms with E-state index in [-0.39, 0.29) is 18.2 Å². The van der Waals surface area contributed by atoms with Gasteiger partial charge in [0.15, 0.2) is 11.6 Å². The third kappa shape index (κ3) is 2.56. The molecule has 2 aliphatic rings. The summed E-state index contributed by atoms with van der Waals surface area (Å²) in [6, 6.07) is 14.8. The number of carbonyl (C=O) groups is 2. The molecule has 0 aliphatic heterocycles. The maximum atomic E-state index is 12.5. The van der Waals surface area contributed by atoms with Gasteiger partial charge >= 0.3 is 0 Å². The van der Waals surface area contributed by atoms with Crippen molar-refractivity contribution in [1.82, 2.24) is 0 Å². The Morgan fingerprint density at radius 3 is 1.48 bits per heavy atom. The van der Waals surface area contributed by atoms with Gasteiger partial charge in [0.1, 0.15) is 0 Å². The molecule has 0 fully saturated rings. The fourth-order valence-electron chi connectivity index (χ4n) is 2.79. The quantitative estimate of drug-likeness (QED) is 0.810. The summed E-state index contributed by atoms with van der Waals surface area (Å²) in [6.07, 6.45) is 3.64. The molecule has 23 heavy (non-hydrogen) atoms. The molecule has 0 saturated heterocycles. The molecule has 1 N–H and O–H groups in total. The molecule has 0 amide bonds. The number of rotatable bonds is 0. The van der Waals surface area contributed by atoms with Gasteiger partial charge < -0.3 is 5.11 Å². The van der Waals surface area contributed by atoms with Crippen molar-refractivity contribution >= 4 is 23.7 Å². The number of aliphatic hydroxyl groups is 1. The Bertz CT molecular complexity index is 785. The second-order valence-corrected chi connectivity index (χ2v) is 5.27. The SMILES string of the molecule is CCO.O=C1C2=Cc3ccccc3C(=O)C2=Cc2ccccc21. The van der Waals surface area contributed by atoms with E-state index in [2.05, 4.69) is 0 Å². The third-order valence-corrected chi connectivity index (χ3v) is 3.79. The topological polar surface area (TPSA) is 54.4 Å². The van der Waals surface area contributed by atoms with Crippen LogP contribution in [0.1, 0.15) is 38.8 Å². The van der Waals surface area contributed by atoms with Gasteiger partial charge in [-0.25, -0.2) is 0 Å². The average molecular weight is 304 g/mol.